The van der Waals surface area contributed by atoms with Gasteiger partial charge >= 0.3 is 5.51 Å². The van der Waals surface area contributed by atoms with E-state index in [9.17, 15) is 30.0 Å². The molecule has 0 aromatic heterocycles. The third-order valence-corrected chi connectivity index (χ3v) is 8.32. The maximum atomic E-state index is 13.1. The summed E-state index contributed by atoms with van der Waals surface area (Å²) in [6.07, 6.45) is 2.37. The van der Waals surface area contributed by atoms with Crippen LogP contribution in [0.1, 0.15) is 19.3 Å². The molecule has 0 unspecified atom stereocenters. The summed E-state index contributed by atoms with van der Waals surface area (Å²) in [6.45, 7) is 0.714. The Bertz CT molecular complexity index is 1160. The lowest BCUT2D eigenvalue weighted by Gasteiger charge is -2.26. The Morgan fingerprint density at radius 3 is 2.19 bits per heavy atom. The zero-order valence-corrected chi connectivity index (χ0v) is 18.1. The summed E-state index contributed by atoms with van der Waals surface area (Å²) in [6, 6.07) is 8.52. The lowest BCUT2D eigenvalue weighted by molar-refractivity contribution is -0.0435. The van der Waals surface area contributed by atoms with Gasteiger partial charge in [0.25, 0.3) is 9.84 Å². The molecule has 0 aliphatic carbocycles. The van der Waals surface area contributed by atoms with Crippen molar-refractivity contribution in [3.8, 4) is 5.75 Å². The number of alkyl halides is 3. The summed E-state index contributed by atoms with van der Waals surface area (Å²) in [4.78, 5) is -1.11. The quantitative estimate of drug-likeness (QED) is 0.677. The van der Waals surface area contributed by atoms with Crippen LogP contribution in [0.15, 0.2) is 52.3 Å². The van der Waals surface area contributed by atoms with Gasteiger partial charge in [0.05, 0.1) is 17.7 Å². The van der Waals surface area contributed by atoms with Crippen molar-refractivity contribution in [2.75, 3.05) is 25.5 Å². The number of rotatable bonds is 6. The van der Waals surface area contributed by atoms with E-state index in [-0.39, 0.29) is 22.0 Å². The van der Waals surface area contributed by atoms with Gasteiger partial charge in [0.15, 0.2) is 0 Å². The molecule has 1 saturated heterocycles. The number of ether oxygens (including phenoxy) is 1. The highest BCUT2D eigenvalue weighted by molar-refractivity contribution is 7.92. The molecular formula is C19H21F3N2O5S2. The Morgan fingerprint density at radius 1 is 0.935 bits per heavy atom. The van der Waals surface area contributed by atoms with Crippen molar-refractivity contribution in [1.82, 2.24) is 4.31 Å². The normalized spacial score (nSPS) is 16.1. The number of sulfonamides is 1. The van der Waals surface area contributed by atoms with E-state index in [0.717, 1.165) is 25.3 Å². The number of hydrogen-bond donors (Lipinski definition) is 1. The molecule has 7 nitrogen and oxygen atoms in total. The largest absolute Gasteiger partial charge is 0.501 e. The fourth-order valence-electron chi connectivity index (χ4n) is 3.28. The average Bonchev–Trinajstić information content (AvgIpc) is 2.74. The van der Waals surface area contributed by atoms with E-state index in [1.165, 1.54) is 47.8 Å². The van der Waals surface area contributed by atoms with Crippen molar-refractivity contribution < 1.29 is 34.7 Å². The highest BCUT2D eigenvalue weighted by Gasteiger charge is 2.48. The maximum Gasteiger partial charge on any atom is 0.501 e. The average molecular weight is 479 g/mol. The number of anilines is 2. The summed E-state index contributed by atoms with van der Waals surface area (Å²) < 4.78 is 95.7. The fraction of sp³-hybridized carbons (Fsp3) is 0.368. The van der Waals surface area contributed by atoms with E-state index in [2.05, 4.69) is 5.32 Å². The van der Waals surface area contributed by atoms with Gasteiger partial charge in [-0.2, -0.15) is 17.5 Å². The molecule has 1 N–H and O–H groups in total. The van der Waals surface area contributed by atoms with Crippen molar-refractivity contribution in [3.63, 3.8) is 0 Å². The van der Waals surface area contributed by atoms with Gasteiger partial charge in [0.1, 0.15) is 10.6 Å². The molecule has 1 aliphatic heterocycles. The molecule has 1 heterocycles. The smallest absolute Gasteiger partial charge is 0.495 e. The molecule has 3 rings (SSSR count). The first-order valence-corrected chi connectivity index (χ1v) is 12.3. The molecule has 0 saturated carbocycles. The predicted octanol–water partition coefficient (Wildman–Crippen LogP) is 3.91. The van der Waals surface area contributed by atoms with Crippen molar-refractivity contribution in [2.24, 2.45) is 0 Å². The van der Waals surface area contributed by atoms with Crippen LogP contribution in [0, 0.1) is 0 Å². The molecule has 0 bridgehead atoms. The molecule has 2 aromatic carbocycles. The second-order valence-electron chi connectivity index (χ2n) is 6.90. The van der Waals surface area contributed by atoms with E-state index in [4.69, 9.17) is 4.74 Å². The number of nitrogens with zero attached hydrogens (tertiary/aromatic N) is 1. The third-order valence-electron chi connectivity index (χ3n) is 4.86. The lowest BCUT2D eigenvalue weighted by atomic mass is 10.2. The SMILES string of the molecule is COc1ccc(Nc2ccccc2S(=O)(=O)C(F)(F)F)cc1S(=O)(=O)N1CCCCC1. The minimum absolute atomic E-state index is 0.0762. The van der Waals surface area contributed by atoms with E-state index in [1.807, 2.05) is 0 Å². The summed E-state index contributed by atoms with van der Waals surface area (Å²) in [7, 11) is -8.21. The summed E-state index contributed by atoms with van der Waals surface area (Å²) in [5, 5.41) is 2.60. The molecular weight excluding hydrogens is 457 g/mol. The summed E-state index contributed by atoms with van der Waals surface area (Å²) >= 11 is 0. The number of halogens is 3. The number of benzene rings is 2. The van der Waals surface area contributed by atoms with Crippen molar-refractivity contribution in [2.45, 2.75) is 34.6 Å². The van der Waals surface area contributed by atoms with Crippen LogP contribution < -0.4 is 10.1 Å². The van der Waals surface area contributed by atoms with Gasteiger partial charge in [-0.15, -0.1) is 0 Å². The molecule has 2 aromatic rings. The van der Waals surface area contributed by atoms with E-state index in [0.29, 0.717) is 13.1 Å². The van der Waals surface area contributed by atoms with Crippen LogP contribution in [-0.2, 0) is 19.9 Å². The molecule has 0 spiro atoms. The van der Waals surface area contributed by atoms with Crippen LogP contribution in [0.3, 0.4) is 0 Å². The van der Waals surface area contributed by atoms with Crippen LogP contribution in [0.4, 0.5) is 24.5 Å². The number of para-hydroxylation sites is 1. The van der Waals surface area contributed by atoms with Crippen molar-refractivity contribution in [1.29, 1.82) is 0 Å². The Hall–Kier alpha value is -2.31. The Kier molecular flexibility index (Phi) is 6.53. The van der Waals surface area contributed by atoms with Crippen LogP contribution in [0.25, 0.3) is 0 Å². The lowest BCUT2D eigenvalue weighted by Crippen LogP contribution is -2.35. The number of sulfone groups is 1. The van der Waals surface area contributed by atoms with Gasteiger partial charge in [-0.1, -0.05) is 18.6 Å². The first kappa shape index (κ1) is 23.4. The van der Waals surface area contributed by atoms with Gasteiger partial charge in [-0.05, 0) is 43.2 Å². The maximum absolute atomic E-state index is 13.1. The Balaban J connectivity index is 2.03. The van der Waals surface area contributed by atoms with Gasteiger partial charge in [-0.3, -0.25) is 0 Å². The topological polar surface area (TPSA) is 92.8 Å². The van der Waals surface area contributed by atoms with Gasteiger partial charge in [0, 0.05) is 18.8 Å². The molecule has 0 atom stereocenters. The second-order valence-corrected chi connectivity index (χ2v) is 10.7. The van der Waals surface area contributed by atoms with Gasteiger partial charge in [-0.25, -0.2) is 16.8 Å². The van der Waals surface area contributed by atoms with Crippen molar-refractivity contribution in [3.05, 3.63) is 42.5 Å². The first-order chi connectivity index (χ1) is 14.5. The third kappa shape index (κ3) is 4.65. The zero-order valence-electron chi connectivity index (χ0n) is 16.5. The predicted molar refractivity (Wildman–Crippen MR) is 109 cm³/mol. The van der Waals surface area contributed by atoms with Gasteiger partial charge < -0.3 is 10.1 Å². The summed E-state index contributed by atoms with van der Waals surface area (Å²) in [5.41, 5.74) is -5.71. The van der Waals surface area contributed by atoms with Crippen LogP contribution in [0.2, 0.25) is 0 Å². The Labute approximate surface area is 178 Å². The van der Waals surface area contributed by atoms with E-state index < -0.39 is 30.3 Å². The minimum atomic E-state index is -5.61. The minimum Gasteiger partial charge on any atom is -0.495 e. The van der Waals surface area contributed by atoms with E-state index >= 15 is 0 Å². The molecule has 1 aliphatic rings. The molecule has 31 heavy (non-hydrogen) atoms. The van der Waals surface area contributed by atoms with E-state index in [1.54, 1.807) is 0 Å². The molecule has 12 heteroatoms. The molecule has 0 amide bonds. The number of piperidine rings is 1. The van der Waals surface area contributed by atoms with Crippen LogP contribution in [0.5, 0.6) is 5.75 Å². The summed E-state index contributed by atoms with van der Waals surface area (Å²) in [5.74, 6) is 0.0762. The fourth-order valence-corrected chi connectivity index (χ4v) is 5.90. The van der Waals surface area contributed by atoms with Crippen molar-refractivity contribution >= 4 is 31.2 Å². The van der Waals surface area contributed by atoms with Crippen LogP contribution >= 0.6 is 0 Å². The number of hydrogen-bond acceptors (Lipinski definition) is 6. The molecule has 1 fully saturated rings. The highest BCUT2D eigenvalue weighted by atomic mass is 32.2. The number of methoxy groups -OCH3 is 1. The highest BCUT2D eigenvalue weighted by Crippen LogP contribution is 2.37. The number of nitrogens with one attached hydrogen (secondary N) is 1. The van der Waals surface area contributed by atoms with Crippen LogP contribution in [-0.4, -0.2) is 46.8 Å². The standard InChI is InChI=1S/C19H21F3N2O5S2/c1-29-16-10-9-14(13-18(16)31(27,28)24-11-5-2-6-12-24)23-15-7-3-4-8-17(15)30(25,26)19(20,21)22/h3-4,7-10,13,23H,2,5-6,11-12H2,1H3. The molecule has 170 valence electrons. The first-order valence-electron chi connectivity index (χ1n) is 9.34. The zero-order chi connectivity index (χ0) is 22.9. The monoisotopic (exact) mass is 478 g/mol. The Morgan fingerprint density at radius 2 is 1.58 bits per heavy atom. The second kappa shape index (κ2) is 8.67. The molecule has 0 radical (unpaired) electrons. The van der Waals surface area contributed by atoms with Gasteiger partial charge in [0.2, 0.25) is 10.0 Å².